The largest absolute Gasteiger partial charge is 0.388 e. The lowest BCUT2D eigenvalue weighted by atomic mass is 10.0. The smallest absolute Gasteiger partial charge is 0.0810 e. The van der Waals surface area contributed by atoms with E-state index in [2.05, 4.69) is 11.0 Å². The first-order chi connectivity index (χ1) is 10.1. The van der Waals surface area contributed by atoms with E-state index in [0.29, 0.717) is 10.0 Å². The number of anilines is 1. The molecule has 0 saturated heterocycles. The quantitative estimate of drug-likeness (QED) is 0.856. The second kappa shape index (κ2) is 6.27. The highest BCUT2D eigenvalue weighted by molar-refractivity contribution is 6.35. The number of para-hydroxylation sites is 1. The standard InChI is InChI=1S/C17H17Cl2NO/c18-13-8-7-12(15(19)10-13)11-20-9-3-6-17(21)14-4-1-2-5-16(14)20/h1-2,4-5,7-8,10,17,21H,3,6,9,11H2. The zero-order valence-corrected chi connectivity index (χ0v) is 13.1. The first-order valence-electron chi connectivity index (χ1n) is 7.11. The summed E-state index contributed by atoms with van der Waals surface area (Å²) in [5, 5.41) is 11.6. The molecule has 0 radical (unpaired) electrons. The van der Waals surface area contributed by atoms with Crippen LogP contribution >= 0.6 is 23.2 Å². The van der Waals surface area contributed by atoms with Gasteiger partial charge in [0, 0.05) is 34.4 Å². The Kier molecular flexibility index (Phi) is 4.39. The topological polar surface area (TPSA) is 23.5 Å². The molecular formula is C17H17Cl2NO. The summed E-state index contributed by atoms with van der Waals surface area (Å²) in [6, 6.07) is 13.6. The van der Waals surface area contributed by atoms with Gasteiger partial charge in [-0.05, 0) is 36.6 Å². The number of fused-ring (bicyclic) bond motifs is 1. The average Bonchev–Trinajstić information content (AvgIpc) is 2.63. The van der Waals surface area contributed by atoms with Crippen LogP contribution in [-0.2, 0) is 6.54 Å². The third-order valence-electron chi connectivity index (χ3n) is 3.92. The van der Waals surface area contributed by atoms with Crippen LogP contribution < -0.4 is 4.90 Å². The molecule has 21 heavy (non-hydrogen) atoms. The number of hydrogen-bond donors (Lipinski definition) is 1. The molecule has 0 saturated carbocycles. The predicted octanol–water partition coefficient (Wildman–Crippen LogP) is 4.83. The van der Waals surface area contributed by atoms with E-state index in [4.69, 9.17) is 23.2 Å². The van der Waals surface area contributed by atoms with Gasteiger partial charge in [-0.25, -0.2) is 0 Å². The molecule has 0 aliphatic carbocycles. The van der Waals surface area contributed by atoms with Gasteiger partial charge in [0.25, 0.3) is 0 Å². The minimum atomic E-state index is -0.383. The van der Waals surface area contributed by atoms with Crippen LogP contribution in [0, 0.1) is 0 Å². The minimum absolute atomic E-state index is 0.383. The highest BCUT2D eigenvalue weighted by atomic mass is 35.5. The van der Waals surface area contributed by atoms with Crippen molar-refractivity contribution in [2.75, 3.05) is 11.4 Å². The molecule has 1 aliphatic heterocycles. The fourth-order valence-electron chi connectivity index (χ4n) is 2.83. The van der Waals surface area contributed by atoms with Gasteiger partial charge in [0.2, 0.25) is 0 Å². The van der Waals surface area contributed by atoms with Crippen LogP contribution in [0.2, 0.25) is 10.0 Å². The molecule has 1 N–H and O–H groups in total. The van der Waals surface area contributed by atoms with Gasteiger partial charge in [-0.2, -0.15) is 0 Å². The summed E-state index contributed by atoms with van der Waals surface area (Å²) in [6.45, 7) is 1.63. The minimum Gasteiger partial charge on any atom is -0.388 e. The van der Waals surface area contributed by atoms with Crippen LogP contribution in [0.3, 0.4) is 0 Å². The molecule has 0 spiro atoms. The fraction of sp³-hybridized carbons (Fsp3) is 0.294. The van der Waals surface area contributed by atoms with Gasteiger partial charge in [-0.1, -0.05) is 47.5 Å². The third-order valence-corrected chi connectivity index (χ3v) is 4.51. The van der Waals surface area contributed by atoms with E-state index in [1.54, 1.807) is 6.07 Å². The molecule has 1 heterocycles. The van der Waals surface area contributed by atoms with Crippen LogP contribution in [-0.4, -0.2) is 11.7 Å². The lowest BCUT2D eigenvalue weighted by molar-refractivity contribution is 0.168. The van der Waals surface area contributed by atoms with E-state index >= 15 is 0 Å². The highest BCUT2D eigenvalue weighted by Crippen LogP contribution is 2.34. The van der Waals surface area contributed by atoms with E-state index < -0.39 is 0 Å². The van der Waals surface area contributed by atoms with Crippen LogP contribution in [0.25, 0.3) is 0 Å². The summed E-state index contributed by atoms with van der Waals surface area (Å²) in [6.07, 6.45) is 1.37. The Labute approximate surface area is 134 Å². The summed E-state index contributed by atoms with van der Waals surface area (Å²) < 4.78 is 0. The molecule has 1 atom stereocenters. The number of halogens is 2. The number of benzene rings is 2. The van der Waals surface area contributed by atoms with Crippen LogP contribution in [0.15, 0.2) is 42.5 Å². The second-order valence-electron chi connectivity index (χ2n) is 5.37. The van der Waals surface area contributed by atoms with E-state index in [-0.39, 0.29) is 6.10 Å². The molecule has 110 valence electrons. The molecule has 2 aromatic rings. The summed E-state index contributed by atoms with van der Waals surface area (Å²) in [7, 11) is 0. The van der Waals surface area contributed by atoms with E-state index in [1.807, 2.05) is 30.3 Å². The summed E-state index contributed by atoms with van der Waals surface area (Å²) >= 11 is 12.2. The van der Waals surface area contributed by atoms with Crippen LogP contribution in [0.1, 0.15) is 30.1 Å². The molecule has 2 aromatic carbocycles. The van der Waals surface area contributed by atoms with Crippen molar-refractivity contribution in [3.63, 3.8) is 0 Å². The SMILES string of the molecule is OC1CCCN(Cc2ccc(Cl)cc2Cl)c2ccccc21. The lowest BCUT2D eigenvalue weighted by Crippen LogP contribution is -2.23. The molecule has 0 fully saturated rings. The van der Waals surface area contributed by atoms with Gasteiger partial charge in [-0.3, -0.25) is 0 Å². The van der Waals surface area contributed by atoms with E-state index in [0.717, 1.165) is 42.7 Å². The van der Waals surface area contributed by atoms with Crippen molar-refractivity contribution in [2.45, 2.75) is 25.5 Å². The van der Waals surface area contributed by atoms with Crippen molar-refractivity contribution < 1.29 is 5.11 Å². The zero-order valence-electron chi connectivity index (χ0n) is 11.6. The molecule has 0 aromatic heterocycles. The Morgan fingerprint density at radius 1 is 1.14 bits per heavy atom. The lowest BCUT2D eigenvalue weighted by Gasteiger charge is -2.25. The van der Waals surface area contributed by atoms with E-state index in [1.165, 1.54) is 0 Å². The Balaban J connectivity index is 1.93. The summed E-state index contributed by atoms with van der Waals surface area (Å²) in [4.78, 5) is 2.28. The summed E-state index contributed by atoms with van der Waals surface area (Å²) in [5.41, 5.74) is 3.14. The molecule has 1 aliphatic rings. The maximum absolute atomic E-state index is 10.2. The Morgan fingerprint density at radius 2 is 1.95 bits per heavy atom. The number of aliphatic hydroxyl groups is 1. The van der Waals surface area contributed by atoms with Gasteiger partial charge in [0.15, 0.2) is 0 Å². The van der Waals surface area contributed by atoms with Crippen molar-refractivity contribution >= 4 is 28.9 Å². The highest BCUT2D eigenvalue weighted by Gasteiger charge is 2.21. The number of hydrogen-bond acceptors (Lipinski definition) is 2. The second-order valence-corrected chi connectivity index (χ2v) is 6.22. The van der Waals surface area contributed by atoms with Gasteiger partial charge >= 0.3 is 0 Å². The Morgan fingerprint density at radius 3 is 2.76 bits per heavy atom. The summed E-state index contributed by atoms with van der Waals surface area (Å²) in [5.74, 6) is 0. The average molecular weight is 322 g/mol. The third kappa shape index (κ3) is 3.18. The van der Waals surface area contributed by atoms with Crippen molar-refractivity contribution in [1.29, 1.82) is 0 Å². The Bertz CT molecular complexity index is 644. The van der Waals surface area contributed by atoms with Crippen molar-refractivity contribution in [1.82, 2.24) is 0 Å². The van der Waals surface area contributed by atoms with Crippen molar-refractivity contribution in [2.24, 2.45) is 0 Å². The first kappa shape index (κ1) is 14.7. The maximum atomic E-state index is 10.2. The Hall–Kier alpha value is -1.22. The number of aliphatic hydroxyl groups excluding tert-OH is 1. The molecule has 0 amide bonds. The van der Waals surface area contributed by atoms with Crippen LogP contribution in [0.5, 0.6) is 0 Å². The van der Waals surface area contributed by atoms with Crippen molar-refractivity contribution in [3.8, 4) is 0 Å². The first-order valence-corrected chi connectivity index (χ1v) is 7.86. The molecule has 0 bridgehead atoms. The number of nitrogens with zero attached hydrogens (tertiary/aromatic N) is 1. The molecule has 2 nitrogen and oxygen atoms in total. The van der Waals surface area contributed by atoms with Crippen molar-refractivity contribution in [3.05, 3.63) is 63.6 Å². The van der Waals surface area contributed by atoms with Gasteiger partial charge < -0.3 is 10.0 Å². The zero-order chi connectivity index (χ0) is 14.8. The number of rotatable bonds is 2. The normalized spacial score (nSPS) is 18.2. The fourth-order valence-corrected chi connectivity index (χ4v) is 3.30. The maximum Gasteiger partial charge on any atom is 0.0810 e. The predicted molar refractivity (Wildman–Crippen MR) is 88.1 cm³/mol. The van der Waals surface area contributed by atoms with Gasteiger partial charge in [-0.15, -0.1) is 0 Å². The monoisotopic (exact) mass is 321 g/mol. The molecule has 4 heteroatoms. The van der Waals surface area contributed by atoms with Gasteiger partial charge in [0.05, 0.1) is 6.10 Å². The molecular weight excluding hydrogens is 305 g/mol. The van der Waals surface area contributed by atoms with E-state index in [9.17, 15) is 5.11 Å². The van der Waals surface area contributed by atoms with Gasteiger partial charge in [0.1, 0.15) is 0 Å². The molecule has 1 unspecified atom stereocenters. The van der Waals surface area contributed by atoms with Crippen LogP contribution in [0.4, 0.5) is 5.69 Å². The molecule has 3 rings (SSSR count).